The first-order valence-electron chi connectivity index (χ1n) is 7.57. The smallest absolute Gasteiger partial charge is 0.127 e. The lowest BCUT2D eigenvalue weighted by Gasteiger charge is -2.35. The molecule has 0 aliphatic carbocycles. The Hall–Kier alpha value is -0.770. The van der Waals surface area contributed by atoms with Gasteiger partial charge < -0.3 is 9.84 Å². The van der Waals surface area contributed by atoms with Crippen LogP contribution in [0.2, 0.25) is 5.02 Å². The van der Waals surface area contributed by atoms with Crippen molar-refractivity contribution in [2.75, 3.05) is 19.8 Å². The lowest BCUT2D eigenvalue weighted by molar-refractivity contribution is 0.111. The molecule has 2 heterocycles. The summed E-state index contributed by atoms with van der Waals surface area (Å²) in [6.07, 6.45) is 5.52. The summed E-state index contributed by atoms with van der Waals surface area (Å²) in [5.41, 5.74) is 2.44. The molecular formula is C16H22ClNO2. The average molecular weight is 296 g/mol. The zero-order chi connectivity index (χ0) is 13.9. The predicted molar refractivity (Wildman–Crippen MR) is 80.4 cm³/mol. The Balaban J connectivity index is 1.79. The highest BCUT2D eigenvalue weighted by Gasteiger charge is 2.25. The molecule has 0 spiro atoms. The largest absolute Gasteiger partial charge is 0.493 e. The van der Waals surface area contributed by atoms with Crippen LogP contribution in [0.5, 0.6) is 5.75 Å². The van der Waals surface area contributed by atoms with Gasteiger partial charge in [-0.2, -0.15) is 0 Å². The normalized spacial score (nSPS) is 22.6. The Kier molecular flexibility index (Phi) is 4.49. The van der Waals surface area contributed by atoms with Gasteiger partial charge in [0.25, 0.3) is 0 Å². The van der Waals surface area contributed by atoms with E-state index in [1.165, 1.54) is 30.4 Å². The van der Waals surface area contributed by atoms with Crippen LogP contribution in [0, 0.1) is 0 Å². The molecule has 2 aliphatic rings. The van der Waals surface area contributed by atoms with Gasteiger partial charge in [0.1, 0.15) is 5.75 Å². The predicted octanol–water partition coefficient (Wildman–Crippen LogP) is 3.01. The maximum atomic E-state index is 9.23. The summed E-state index contributed by atoms with van der Waals surface area (Å²) >= 11 is 6.23. The van der Waals surface area contributed by atoms with Gasteiger partial charge in [-0.3, -0.25) is 4.90 Å². The topological polar surface area (TPSA) is 32.7 Å². The minimum absolute atomic E-state index is 0.269. The zero-order valence-electron chi connectivity index (χ0n) is 11.8. The van der Waals surface area contributed by atoms with Crippen molar-refractivity contribution in [2.45, 2.75) is 44.7 Å². The van der Waals surface area contributed by atoms with Gasteiger partial charge in [0.2, 0.25) is 0 Å². The molecule has 2 aliphatic heterocycles. The average Bonchev–Trinajstić information content (AvgIpc) is 2.89. The number of hydrogen-bond donors (Lipinski definition) is 1. The van der Waals surface area contributed by atoms with Gasteiger partial charge in [0.15, 0.2) is 0 Å². The minimum atomic E-state index is 0.269. The van der Waals surface area contributed by atoms with Gasteiger partial charge >= 0.3 is 0 Å². The molecule has 1 atom stereocenters. The van der Waals surface area contributed by atoms with Crippen LogP contribution in [0.4, 0.5) is 0 Å². The number of piperidine rings is 1. The number of halogens is 1. The molecule has 0 radical (unpaired) electrons. The van der Waals surface area contributed by atoms with Gasteiger partial charge in [-0.25, -0.2) is 0 Å². The summed E-state index contributed by atoms with van der Waals surface area (Å²) in [7, 11) is 0. The van der Waals surface area contributed by atoms with Gasteiger partial charge in [-0.05, 0) is 43.5 Å². The van der Waals surface area contributed by atoms with Crippen molar-refractivity contribution in [2.24, 2.45) is 0 Å². The Morgan fingerprint density at radius 3 is 3.10 bits per heavy atom. The minimum Gasteiger partial charge on any atom is -0.493 e. The van der Waals surface area contributed by atoms with Gasteiger partial charge in [0, 0.05) is 36.2 Å². The molecule has 1 aromatic rings. The van der Waals surface area contributed by atoms with Gasteiger partial charge in [-0.1, -0.05) is 18.0 Å². The van der Waals surface area contributed by atoms with E-state index in [4.69, 9.17) is 16.3 Å². The summed E-state index contributed by atoms with van der Waals surface area (Å²) in [6, 6.07) is 4.55. The van der Waals surface area contributed by atoms with Crippen molar-refractivity contribution in [3.63, 3.8) is 0 Å². The molecule has 0 amide bonds. The van der Waals surface area contributed by atoms with Crippen molar-refractivity contribution < 1.29 is 9.84 Å². The molecule has 4 heteroatoms. The van der Waals surface area contributed by atoms with E-state index in [1.807, 2.05) is 12.1 Å². The van der Waals surface area contributed by atoms with Gasteiger partial charge in [0.05, 0.1) is 6.61 Å². The second-order valence-corrected chi connectivity index (χ2v) is 6.22. The second kappa shape index (κ2) is 6.33. The highest BCUT2D eigenvalue weighted by Crippen LogP contribution is 2.34. The van der Waals surface area contributed by atoms with Gasteiger partial charge in [-0.15, -0.1) is 0 Å². The molecular weight excluding hydrogens is 274 g/mol. The summed E-state index contributed by atoms with van der Waals surface area (Å²) in [6.45, 7) is 3.02. The quantitative estimate of drug-likeness (QED) is 0.927. The van der Waals surface area contributed by atoms with E-state index in [0.717, 1.165) is 43.3 Å². The molecule has 3 rings (SSSR count). The molecule has 110 valence electrons. The van der Waals surface area contributed by atoms with Crippen LogP contribution >= 0.6 is 11.6 Å². The standard InChI is InChI=1S/C16H22ClNO2/c17-14-9-12-5-8-20-16(12)13(10-14)11-18-6-2-1-3-15(18)4-7-19/h9-10,15,19H,1-8,11H2. The van der Waals surface area contributed by atoms with E-state index in [9.17, 15) is 5.11 Å². The van der Waals surface area contributed by atoms with Crippen molar-refractivity contribution in [3.05, 3.63) is 28.3 Å². The molecule has 3 nitrogen and oxygen atoms in total. The first-order valence-corrected chi connectivity index (χ1v) is 7.94. The lowest BCUT2D eigenvalue weighted by atomic mass is 9.98. The summed E-state index contributed by atoms with van der Waals surface area (Å²) in [5.74, 6) is 1.04. The number of aliphatic hydroxyl groups excluding tert-OH is 1. The first-order chi connectivity index (χ1) is 9.78. The Morgan fingerprint density at radius 2 is 2.25 bits per heavy atom. The molecule has 1 fully saturated rings. The fourth-order valence-corrected chi connectivity index (χ4v) is 3.69. The fourth-order valence-electron chi connectivity index (χ4n) is 3.43. The van der Waals surface area contributed by atoms with Crippen molar-refractivity contribution >= 4 is 11.6 Å². The Bertz CT molecular complexity index is 476. The van der Waals surface area contributed by atoms with Crippen LogP contribution in [0.15, 0.2) is 12.1 Å². The maximum Gasteiger partial charge on any atom is 0.127 e. The molecule has 1 N–H and O–H groups in total. The highest BCUT2D eigenvalue weighted by molar-refractivity contribution is 6.30. The number of hydrogen-bond acceptors (Lipinski definition) is 3. The molecule has 0 bridgehead atoms. The van der Waals surface area contributed by atoms with Crippen LogP contribution in [0.3, 0.4) is 0 Å². The van der Waals surface area contributed by atoms with Crippen LogP contribution in [0.25, 0.3) is 0 Å². The number of nitrogens with zero attached hydrogens (tertiary/aromatic N) is 1. The zero-order valence-corrected chi connectivity index (χ0v) is 12.5. The number of ether oxygens (including phenoxy) is 1. The maximum absolute atomic E-state index is 9.23. The number of benzene rings is 1. The Morgan fingerprint density at radius 1 is 1.35 bits per heavy atom. The van der Waals surface area contributed by atoms with Crippen LogP contribution in [-0.2, 0) is 13.0 Å². The third kappa shape index (κ3) is 2.95. The number of rotatable bonds is 4. The SMILES string of the molecule is OCCC1CCCCN1Cc1cc(Cl)cc2c1OCC2. The van der Waals surface area contributed by atoms with Crippen LogP contribution in [-0.4, -0.2) is 35.8 Å². The highest BCUT2D eigenvalue weighted by atomic mass is 35.5. The number of aliphatic hydroxyl groups is 1. The molecule has 0 saturated carbocycles. The molecule has 20 heavy (non-hydrogen) atoms. The summed E-state index contributed by atoms with van der Waals surface area (Å²) in [5, 5.41) is 10.0. The van der Waals surface area contributed by atoms with E-state index < -0.39 is 0 Å². The molecule has 1 unspecified atom stereocenters. The second-order valence-electron chi connectivity index (χ2n) is 5.78. The van der Waals surface area contributed by atoms with E-state index in [0.29, 0.717) is 6.04 Å². The van der Waals surface area contributed by atoms with Crippen LogP contribution < -0.4 is 4.74 Å². The fraction of sp³-hybridized carbons (Fsp3) is 0.625. The van der Waals surface area contributed by atoms with Crippen LogP contribution in [0.1, 0.15) is 36.8 Å². The molecule has 1 aromatic carbocycles. The first kappa shape index (κ1) is 14.2. The summed E-state index contributed by atoms with van der Waals surface area (Å²) < 4.78 is 5.79. The van der Waals surface area contributed by atoms with Crippen molar-refractivity contribution in [1.29, 1.82) is 0 Å². The lowest BCUT2D eigenvalue weighted by Crippen LogP contribution is -2.39. The third-order valence-corrected chi connectivity index (χ3v) is 4.63. The monoisotopic (exact) mass is 295 g/mol. The van der Waals surface area contributed by atoms with Crippen molar-refractivity contribution in [3.8, 4) is 5.75 Å². The molecule has 1 saturated heterocycles. The Labute approximate surface area is 125 Å². The van der Waals surface area contributed by atoms with E-state index in [-0.39, 0.29) is 6.61 Å². The summed E-state index contributed by atoms with van der Waals surface area (Å²) in [4.78, 5) is 2.48. The van der Waals surface area contributed by atoms with E-state index in [1.54, 1.807) is 0 Å². The van der Waals surface area contributed by atoms with E-state index >= 15 is 0 Å². The number of likely N-dealkylation sites (tertiary alicyclic amines) is 1. The van der Waals surface area contributed by atoms with Crippen molar-refractivity contribution in [1.82, 2.24) is 4.90 Å². The number of fused-ring (bicyclic) bond motifs is 1. The van der Waals surface area contributed by atoms with E-state index in [2.05, 4.69) is 4.90 Å². The molecule has 0 aromatic heterocycles. The third-order valence-electron chi connectivity index (χ3n) is 4.41.